The van der Waals surface area contributed by atoms with Gasteiger partial charge < -0.3 is 4.52 Å². The maximum Gasteiger partial charge on any atom is 0.274 e. The number of hydrogen-bond donors (Lipinski definition) is 2. The van der Waals surface area contributed by atoms with Crippen molar-refractivity contribution in [2.24, 2.45) is 5.14 Å². The first-order chi connectivity index (χ1) is 5.49. The van der Waals surface area contributed by atoms with Crippen molar-refractivity contribution >= 4 is 10.2 Å². The molecule has 1 atom stereocenters. The largest absolute Gasteiger partial charge is 0.364 e. The summed E-state index contributed by atoms with van der Waals surface area (Å²) in [5, 5.41) is 8.29. The molecule has 3 N–H and O–H groups in total. The number of nitrogens with two attached hydrogens (primary N) is 1. The Balaban J connectivity index is 2.68. The topological polar surface area (TPSA) is 98.2 Å². The summed E-state index contributed by atoms with van der Waals surface area (Å²) in [4.78, 5) is 0. The molecule has 0 aliphatic heterocycles. The van der Waals surface area contributed by atoms with Gasteiger partial charge in [0.2, 0.25) is 0 Å². The van der Waals surface area contributed by atoms with E-state index in [1.54, 1.807) is 13.0 Å². The molecular weight excluding hydrogens is 182 g/mol. The Hall–Kier alpha value is -0.920. The highest BCUT2D eigenvalue weighted by Crippen LogP contribution is 2.08. The first-order valence-corrected chi connectivity index (χ1v) is 4.74. The van der Waals surface area contributed by atoms with Crippen LogP contribution >= 0.6 is 0 Å². The number of nitrogens with zero attached hydrogens (tertiary/aromatic N) is 1. The van der Waals surface area contributed by atoms with Crippen LogP contribution in [0.15, 0.2) is 16.9 Å². The van der Waals surface area contributed by atoms with E-state index < -0.39 is 16.3 Å². The van der Waals surface area contributed by atoms with Gasteiger partial charge in [-0.2, -0.15) is 13.1 Å². The molecule has 68 valence electrons. The molecule has 1 unspecified atom stereocenters. The van der Waals surface area contributed by atoms with Crippen LogP contribution in [-0.2, 0) is 10.2 Å². The molecule has 0 aliphatic carbocycles. The van der Waals surface area contributed by atoms with E-state index in [4.69, 9.17) is 5.14 Å². The lowest BCUT2D eigenvalue weighted by atomic mass is 10.3. The van der Waals surface area contributed by atoms with Gasteiger partial charge in [-0.3, -0.25) is 0 Å². The van der Waals surface area contributed by atoms with Crippen molar-refractivity contribution in [3.63, 3.8) is 0 Å². The molecule has 0 spiro atoms. The van der Waals surface area contributed by atoms with Crippen molar-refractivity contribution in [1.29, 1.82) is 0 Å². The van der Waals surface area contributed by atoms with E-state index in [0.29, 0.717) is 5.69 Å². The van der Waals surface area contributed by atoms with Gasteiger partial charge >= 0.3 is 0 Å². The molecule has 1 heterocycles. The molecule has 12 heavy (non-hydrogen) atoms. The zero-order chi connectivity index (χ0) is 9.19. The second-order valence-electron chi connectivity index (χ2n) is 2.31. The van der Waals surface area contributed by atoms with Crippen LogP contribution in [0.4, 0.5) is 0 Å². The SMILES string of the molecule is CC(NS(N)(=O)=O)c1ccon1. The van der Waals surface area contributed by atoms with E-state index in [-0.39, 0.29) is 0 Å². The molecule has 1 rings (SSSR count). The van der Waals surface area contributed by atoms with Gasteiger partial charge in [0.25, 0.3) is 10.2 Å². The molecule has 0 fully saturated rings. The molecule has 0 bridgehead atoms. The minimum Gasteiger partial charge on any atom is -0.364 e. The summed E-state index contributed by atoms with van der Waals surface area (Å²) in [6.07, 6.45) is 1.36. The molecule has 0 saturated carbocycles. The molecule has 0 aliphatic rings. The molecule has 0 amide bonds. The van der Waals surface area contributed by atoms with Crippen molar-refractivity contribution in [3.8, 4) is 0 Å². The Bertz CT molecular complexity index is 331. The fourth-order valence-electron chi connectivity index (χ4n) is 0.752. The fraction of sp³-hybridized carbons (Fsp3) is 0.400. The normalized spacial score (nSPS) is 14.5. The Morgan fingerprint density at radius 3 is 2.83 bits per heavy atom. The standard InChI is InChI=1S/C5H9N3O3S/c1-4(8-12(6,9)10)5-2-3-11-7-5/h2-4,8H,1H3,(H2,6,9,10). The summed E-state index contributed by atoms with van der Waals surface area (Å²) in [5.41, 5.74) is 0.490. The minimum atomic E-state index is -3.68. The number of rotatable bonds is 3. The predicted octanol–water partition coefficient (Wildman–Crippen LogP) is -0.471. The average molecular weight is 191 g/mol. The molecule has 6 nitrogen and oxygen atoms in total. The fourth-order valence-corrected chi connectivity index (χ4v) is 1.37. The van der Waals surface area contributed by atoms with Crippen molar-refractivity contribution in [1.82, 2.24) is 9.88 Å². The van der Waals surface area contributed by atoms with Crippen LogP contribution in [0.3, 0.4) is 0 Å². The number of nitrogens with one attached hydrogen (secondary N) is 1. The lowest BCUT2D eigenvalue weighted by Crippen LogP contribution is -2.33. The highest BCUT2D eigenvalue weighted by atomic mass is 32.2. The molecule has 0 aromatic carbocycles. The van der Waals surface area contributed by atoms with Crippen LogP contribution in [0.25, 0.3) is 0 Å². The monoisotopic (exact) mass is 191 g/mol. The molecule has 0 radical (unpaired) electrons. The summed E-state index contributed by atoms with van der Waals surface area (Å²) in [7, 11) is -3.68. The molecule has 1 aromatic rings. The molecule has 7 heteroatoms. The summed E-state index contributed by atoms with van der Waals surface area (Å²) in [6.45, 7) is 1.61. The lowest BCUT2D eigenvalue weighted by Gasteiger charge is -2.06. The Labute approximate surface area is 69.9 Å². The third-order valence-electron chi connectivity index (χ3n) is 1.24. The van der Waals surface area contributed by atoms with Gasteiger partial charge in [-0.05, 0) is 6.92 Å². The zero-order valence-electron chi connectivity index (χ0n) is 6.39. The van der Waals surface area contributed by atoms with Crippen molar-refractivity contribution < 1.29 is 12.9 Å². The maximum absolute atomic E-state index is 10.5. The van der Waals surface area contributed by atoms with Crippen LogP contribution in [0.1, 0.15) is 18.7 Å². The molecule has 1 aromatic heterocycles. The first-order valence-electron chi connectivity index (χ1n) is 3.19. The maximum atomic E-state index is 10.5. The summed E-state index contributed by atoms with van der Waals surface area (Å²) in [5.74, 6) is 0. The van der Waals surface area contributed by atoms with Crippen molar-refractivity contribution in [3.05, 3.63) is 18.0 Å². The van der Waals surface area contributed by atoms with E-state index in [2.05, 4.69) is 14.4 Å². The Kier molecular flexibility index (Phi) is 2.46. The second kappa shape index (κ2) is 3.21. The quantitative estimate of drug-likeness (QED) is 0.674. The second-order valence-corrected chi connectivity index (χ2v) is 3.63. The van der Waals surface area contributed by atoms with Crippen molar-refractivity contribution in [2.75, 3.05) is 0 Å². The van der Waals surface area contributed by atoms with Gasteiger partial charge in [-0.15, -0.1) is 0 Å². The predicted molar refractivity (Wildman–Crippen MR) is 41.2 cm³/mol. The van der Waals surface area contributed by atoms with Gasteiger partial charge in [0.15, 0.2) is 0 Å². The van der Waals surface area contributed by atoms with Gasteiger partial charge in [0.1, 0.15) is 12.0 Å². The van der Waals surface area contributed by atoms with Gasteiger partial charge in [-0.1, -0.05) is 5.16 Å². The highest BCUT2D eigenvalue weighted by Gasteiger charge is 2.12. The lowest BCUT2D eigenvalue weighted by molar-refractivity contribution is 0.405. The summed E-state index contributed by atoms with van der Waals surface area (Å²) < 4.78 is 27.8. The van der Waals surface area contributed by atoms with E-state index in [9.17, 15) is 8.42 Å². The van der Waals surface area contributed by atoms with E-state index >= 15 is 0 Å². The Morgan fingerprint density at radius 2 is 2.42 bits per heavy atom. The molecule has 0 saturated heterocycles. The summed E-state index contributed by atoms with van der Waals surface area (Å²) in [6, 6.07) is 1.08. The van der Waals surface area contributed by atoms with Gasteiger partial charge in [0.05, 0.1) is 6.04 Å². The van der Waals surface area contributed by atoms with Crippen molar-refractivity contribution in [2.45, 2.75) is 13.0 Å². The van der Waals surface area contributed by atoms with Crippen LogP contribution in [0.5, 0.6) is 0 Å². The van der Waals surface area contributed by atoms with Crippen LogP contribution in [-0.4, -0.2) is 13.6 Å². The third kappa shape index (κ3) is 2.61. The van der Waals surface area contributed by atoms with E-state index in [1.807, 2.05) is 0 Å². The average Bonchev–Trinajstić information content (AvgIpc) is 2.32. The van der Waals surface area contributed by atoms with Crippen LogP contribution in [0, 0.1) is 0 Å². The third-order valence-corrected chi connectivity index (χ3v) is 1.92. The van der Waals surface area contributed by atoms with Gasteiger partial charge in [-0.25, -0.2) is 5.14 Å². The molecular formula is C5H9N3O3S. The smallest absolute Gasteiger partial charge is 0.274 e. The van der Waals surface area contributed by atoms with Crippen LogP contribution < -0.4 is 9.86 Å². The number of hydrogen-bond acceptors (Lipinski definition) is 4. The minimum absolute atomic E-state index is 0.473. The first kappa shape index (κ1) is 9.17. The number of aromatic nitrogens is 1. The van der Waals surface area contributed by atoms with Crippen LogP contribution in [0.2, 0.25) is 0 Å². The van der Waals surface area contributed by atoms with E-state index in [0.717, 1.165) is 0 Å². The highest BCUT2D eigenvalue weighted by molar-refractivity contribution is 7.87. The van der Waals surface area contributed by atoms with Gasteiger partial charge in [0, 0.05) is 6.07 Å². The Morgan fingerprint density at radius 1 is 1.75 bits per heavy atom. The summed E-state index contributed by atoms with van der Waals surface area (Å²) >= 11 is 0. The van der Waals surface area contributed by atoms with E-state index in [1.165, 1.54) is 6.26 Å². The zero-order valence-corrected chi connectivity index (χ0v) is 7.21.